The van der Waals surface area contributed by atoms with Crippen LogP contribution in [0.1, 0.15) is 29.9 Å². The summed E-state index contributed by atoms with van der Waals surface area (Å²) >= 11 is 0. The van der Waals surface area contributed by atoms with Crippen LogP contribution in [-0.2, 0) is 17.8 Å². The van der Waals surface area contributed by atoms with Crippen molar-refractivity contribution in [3.8, 4) is 17.0 Å². The second-order valence-electron chi connectivity index (χ2n) is 7.13. The molecule has 1 aliphatic rings. The summed E-state index contributed by atoms with van der Waals surface area (Å²) in [4.78, 5) is 2.35. The number of H-pyrrole nitrogens is 1. The van der Waals surface area contributed by atoms with E-state index in [9.17, 15) is 5.11 Å². The van der Waals surface area contributed by atoms with Crippen LogP contribution in [0, 0.1) is 6.92 Å². The van der Waals surface area contributed by atoms with E-state index in [-0.39, 0.29) is 11.9 Å². The van der Waals surface area contributed by atoms with Crippen LogP contribution in [-0.4, -0.2) is 39.5 Å². The number of aromatic hydroxyl groups is 1. The number of phenols is 1. The number of hydrogen-bond acceptors (Lipinski definition) is 5. The van der Waals surface area contributed by atoms with E-state index in [1.54, 1.807) is 12.1 Å². The minimum Gasteiger partial charge on any atom is -0.508 e. The maximum atomic E-state index is 9.54. The normalized spacial score (nSPS) is 17.0. The molecule has 3 aromatic rings. The van der Waals surface area contributed by atoms with Crippen molar-refractivity contribution >= 4 is 0 Å². The van der Waals surface area contributed by atoms with E-state index in [1.165, 1.54) is 0 Å². The molecule has 1 aromatic carbocycles. The summed E-state index contributed by atoms with van der Waals surface area (Å²) < 4.78 is 11.6. The van der Waals surface area contributed by atoms with Gasteiger partial charge >= 0.3 is 0 Å². The number of nitrogens with one attached hydrogen (secondary N) is 1. The molecular formula is C21H25N3O3. The van der Waals surface area contributed by atoms with Crippen LogP contribution < -0.4 is 0 Å². The molecule has 2 N–H and O–H groups in total. The van der Waals surface area contributed by atoms with Gasteiger partial charge < -0.3 is 14.3 Å². The van der Waals surface area contributed by atoms with E-state index in [0.717, 1.165) is 67.4 Å². The van der Waals surface area contributed by atoms with Gasteiger partial charge in [0.05, 0.1) is 24.5 Å². The first kappa shape index (κ1) is 17.8. The van der Waals surface area contributed by atoms with Gasteiger partial charge in [0.15, 0.2) is 0 Å². The fourth-order valence-electron chi connectivity index (χ4n) is 3.60. The van der Waals surface area contributed by atoms with Crippen molar-refractivity contribution in [1.82, 2.24) is 15.1 Å². The lowest BCUT2D eigenvalue weighted by atomic mass is 10.1. The lowest BCUT2D eigenvalue weighted by molar-refractivity contribution is 0.0654. The van der Waals surface area contributed by atoms with Crippen molar-refractivity contribution < 1.29 is 14.3 Å². The Kier molecular flexibility index (Phi) is 5.27. The highest BCUT2D eigenvalue weighted by Crippen LogP contribution is 2.25. The second kappa shape index (κ2) is 7.98. The molecule has 6 heteroatoms. The Balaban J connectivity index is 1.53. The molecule has 2 aromatic heterocycles. The highest BCUT2D eigenvalue weighted by molar-refractivity contribution is 5.63. The van der Waals surface area contributed by atoms with Gasteiger partial charge in [-0.3, -0.25) is 10.00 Å². The SMILES string of the molecule is Cc1ccc(CN(Cc2cn[nH]c2-c2ccc(O)cc2)C[C@@H]2CCCO2)o1. The average Bonchev–Trinajstić information content (AvgIpc) is 3.39. The molecule has 0 aliphatic carbocycles. The van der Waals surface area contributed by atoms with Crippen LogP contribution in [0.15, 0.2) is 47.0 Å². The van der Waals surface area contributed by atoms with E-state index in [4.69, 9.17) is 9.15 Å². The summed E-state index contributed by atoms with van der Waals surface area (Å²) in [5.74, 6) is 2.14. The topological polar surface area (TPSA) is 74.5 Å². The van der Waals surface area contributed by atoms with Crippen LogP contribution >= 0.6 is 0 Å². The van der Waals surface area contributed by atoms with Gasteiger partial charge in [-0.25, -0.2) is 0 Å². The molecule has 1 saturated heterocycles. The van der Waals surface area contributed by atoms with Gasteiger partial charge in [0.2, 0.25) is 0 Å². The van der Waals surface area contributed by atoms with Gasteiger partial charge in [-0.2, -0.15) is 5.10 Å². The lowest BCUT2D eigenvalue weighted by Crippen LogP contribution is -2.31. The first-order valence-electron chi connectivity index (χ1n) is 9.38. The standard InChI is InChI=1S/C21H25N3O3/c1-15-4-9-20(27-15)14-24(13-19-3-2-10-26-19)12-17-11-22-23-21(17)16-5-7-18(25)8-6-16/h4-9,11,19,25H,2-3,10,12-14H2,1H3,(H,22,23)/t19-/m0/s1. The number of aryl methyl sites for hydroxylation is 1. The van der Waals surface area contributed by atoms with Gasteiger partial charge in [0.1, 0.15) is 17.3 Å². The summed E-state index contributed by atoms with van der Waals surface area (Å²) in [6.07, 6.45) is 4.37. The summed E-state index contributed by atoms with van der Waals surface area (Å²) in [7, 11) is 0. The van der Waals surface area contributed by atoms with Crippen LogP contribution in [0.2, 0.25) is 0 Å². The van der Waals surface area contributed by atoms with Crippen LogP contribution in [0.3, 0.4) is 0 Å². The molecule has 142 valence electrons. The molecule has 0 bridgehead atoms. The Morgan fingerprint density at radius 3 is 2.74 bits per heavy atom. The third-order valence-corrected chi connectivity index (χ3v) is 4.93. The van der Waals surface area contributed by atoms with Crippen LogP contribution in [0.5, 0.6) is 5.75 Å². The van der Waals surface area contributed by atoms with Crippen LogP contribution in [0.25, 0.3) is 11.3 Å². The Hall–Kier alpha value is -2.57. The smallest absolute Gasteiger partial charge is 0.118 e. The molecule has 1 fully saturated rings. The van der Waals surface area contributed by atoms with Gasteiger partial charge in [0, 0.05) is 30.8 Å². The van der Waals surface area contributed by atoms with Crippen molar-refractivity contribution in [2.24, 2.45) is 0 Å². The van der Waals surface area contributed by atoms with Gasteiger partial charge in [-0.1, -0.05) is 0 Å². The highest BCUT2D eigenvalue weighted by Gasteiger charge is 2.22. The third kappa shape index (κ3) is 4.40. The van der Waals surface area contributed by atoms with Gasteiger partial charge in [-0.05, 0) is 56.2 Å². The van der Waals surface area contributed by atoms with Crippen molar-refractivity contribution in [3.05, 3.63) is 59.7 Å². The van der Waals surface area contributed by atoms with Gasteiger partial charge in [0.25, 0.3) is 0 Å². The van der Waals surface area contributed by atoms with Crippen molar-refractivity contribution in [1.29, 1.82) is 0 Å². The summed E-state index contributed by atoms with van der Waals surface area (Å²) in [6.45, 7) is 5.15. The quantitative estimate of drug-likeness (QED) is 0.663. The number of phenolic OH excluding ortho intramolecular Hbond substituents is 1. The molecule has 4 rings (SSSR count). The number of hydrogen-bond donors (Lipinski definition) is 2. The van der Waals surface area contributed by atoms with E-state index < -0.39 is 0 Å². The monoisotopic (exact) mass is 367 g/mol. The van der Waals surface area contributed by atoms with E-state index >= 15 is 0 Å². The molecule has 0 unspecified atom stereocenters. The zero-order valence-corrected chi connectivity index (χ0v) is 15.5. The van der Waals surface area contributed by atoms with Crippen molar-refractivity contribution in [3.63, 3.8) is 0 Å². The predicted octanol–water partition coefficient (Wildman–Crippen LogP) is 3.86. The highest BCUT2D eigenvalue weighted by atomic mass is 16.5. The molecule has 0 radical (unpaired) electrons. The molecule has 3 heterocycles. The number of ether oxygens (including phenoxy) is 1. The maximum absolute atomic E-state index is 9.54. The molecule has 0 amide bonds. The fraction of sp³-hybridized carbons (Fsp3) is 0.381. The number of rotatable bonds is 7. The Bertz CT molecular complexity index is 863. The maximum Gasteiger partial charge on any atom is 0.118 e. The molecule has 6 nitrogen and oxygen atoms in total. The van der Waals surface area contributed by atoms with E-state index in [2.05, 4.69) is 15.1 Å². The van der Waals surface area contributed by atoms with Gasteiger partial charge in [-0.15, -0.1) is 0 Å². The predicted molar refractivity (Wildman–Crippen MR) is 102 cm³/mol. The zero-order valence-electron chi connectivity index (χ0n) is 15.5. The van der Waals surface area contributed by atoms with E-state index in [1.807, 2.05) is 37.4 Å². The summed E-state index contributed by atoms with van der Waals surface area (Å²) in [6, 6.07) is 11.2. The first-order chi connectivity index (χ1) is 13.2. The number of furan rings is 1. The average molecular weight is 367 g/mol. The molecular weight excluding hydrogens is 342 g/mol. The Labute approximate surface area is 158 Å². The number of aromatic amines is 1. The van der Waals surface area contributed by atoms with Crippen molar-refractivity contribution in [2.75, 3.05) is 13.2 Å². The van der Waals surface area contributed by atoms with E-state index in [0.29, 0.717) is 0 Å². The molecule has 27 heavy (non-hydrogen) atoms. The van der Waals surface area contributed by atoms with Crippen molar-refractivity contribution in [2.45, 2.75) is 39.0 Å². The summed E-state index contributed by atoms with van der Waals surface area (Å²) in [5, 5.41) is 16.9. The van der Waals surface area contributed by atoms with Crippen LogP contribution in [0.4, 0.5) is 0 Å². The first-order valence-corrected chi connectivity index (χ1v) is 9.38. The minimum absolute atomic E-state index is 0.257. The molecule has 0 spiro atoms. The number of aromatic nitrogens is 2. The largest absolute Gasteiger partial charge is 0.508 e. The Morgan fingerprint density at radius 2 is 2.04 bits per heavy atom. The minimum atomic E-state index is 0.257. The summed E-state index contributed by atoms with van der Waals surface area (Å²) in [5.41, 5.74) is 3.09. The third-order valence-electron chi connectivity index (χ3n) is 4.93. The number of benzene rings is 1. The molecule has 0 saturated carbocycles. The lowest BCUT2D eigenvalue weighted by Gasteiger charge is -2.24. The number of nitrogens with zero attached hydrogens (tertiary/aromatic N) is 2. The molecule has 1 atom stereocenters. The second-order valence-corrected chi connectivity index (χ2v) is 7.13. The zero-order chi connectivity index (χ0) is 18.6. The Morgan fingerprint density at radius 1 is 1.19 bits per heavy atom. The molecule has 1 aliphatic heterocycles. The fourth-order valence-corrected chi connectivity index (χ4v) is 3.60.